The molecule has 0 N–H and O–H groups in total. The van der Waals surface area contributed by atoms with Crippen LogP contribution in [0.25, 0.3) is 5.69 Å². The molecule has 7 nitrogen and oxygen atoms in total. The van der Waals surface area contributed by atoms with E-state index in [9.17, 15) is 13.2 Å². The first-order valence-electron chi connectivity index (χ1n) is 9.50. The van der Waals surface area contributed by atoms with Crippen LogP contribution in [-0.4, -0.2) is 63.8 Å². The zero-order chi connectivity index (χ0) is 19.9. The Hall–Kier alpha value is -1.87. The summed E-state index contributed by atoms with van der Waals surface area (Å²) in [5.41, 5.74) is 0.969. The first kappa shape index (κ1) is 19.4. The largest absolute Gasteiger partial charge is 0.341 e. The quantitative estimate of drug-likeness (QED) is 0.667. The lowest BCUT2D eigenvalue weighted by atomic mass is 10.2. The summed E-state index contributed by atoms with van der Waals surface area (Å²) in [5, 5.41) is 4.85. The molecule has 9 heteroatoms. The van der Waals surface area contributed by atoms with Crippen LogP contribution in [-0.2, 0) is 14.6 Å². The fraction of sp³-hybridized carbons (Fsp3) is 0.526. The maximum Gasteiger partial charge on any atom is 0.235 e. The number of amides is 1. The molecule has 1 aliphatic heterocycles. The molecular formula is C19H24N4O3S2. The summed E-state index contributed by atoms with van der Waals surface area (Å²) in [4.78, 5) is 19.1. The minimum atomic E-state index is -3.02. The zero-order valence-corrected chi connectivity index (χ0v) is 17.6. The van der Waals surface area contributed by atoms with Gasteiger partial charge in [-0.2, -0.15) is 0 Å². The minimum absolute atomic E-state index is 0.0549. The Labute approximate surface area is 169 Å². The lowest BCUT2D eigenvalue weighted by molar-refractivity contribution is -0.130. The lowest BCUT2D eigenvalue weighted by Crippen LogP contribution is -2.41. The predicted octanol–water partition coefficient (Wildman–Crippen LogP) is 2.27. The van der Waals surface area contributed by atoms with E-state index in [1.807, 2.05) is 41.9 Å². The van der Waals surface area contributed by atoms with Gasteiger partial charge in [0.05, 0.1) is 22.4 Å². The number of nitrogens with zero attached hydrogens (tertiary/aromatic N) is 4. The number of carbonyl (C=O) groups is 1. The summed E-state index contributed by atoms with van der Waals surface area (Å²) in [6.07, 6.45) is 2.74. The molecule has 2 fully saturated rings. The van der Waals surface area contributed by atoms with Gasteiger partial charge in [0.2, 0.25) is 11.1 Å². The summed E-state index contributed by atoms with van der Waals surface area (Å²) in [6, 6.07) is 9.66. The fourth-order valence-corrected chi connectivity index (χ4v) is 6.11. The van der Waals surface area contributed by atoms with Crippen LogP contribution in [0.2, 0.25) is 0 Å². The van der Waals surface area contributed by atoms with Gasteiger partial charge in [0.1, 0.15) is 5.82 Å². The van der Waals surface area contributed by atoms with Crippen LogP contribution in [0.5, 0.6) is 0 Å². The van der Waals surface area contributed by atoms with Crippen molar-refractivity contribution in [3.8, 4) is 5.69 Å². The van der Waals surface area contributed by atoms with Gasteiger partial charge < -0.3 is 4.90 Å². The summed E-state index contributed by atoms with van der Waals surface area (Å²) >= 11 is 1.33. The molecule has 1 amide bonds. The topological polar surface area (TPSA) is 85.2 Å². The Morgan fingerprint density at radius 1 is 1.25 bits per heavy atom. The van der Waals surface area contributed by atoms with Crippen LogP contribution in [0, 0.1) is 0 Å². The highest BCUT2D eigenvalue weighted by Gasteiger charge is 2.35. The number of benzene rings is 1. The van der Waals surface area contributed by atoms with Gasteiger partial charge in [-0.05, 0) is 38.3 Å². The second kappa shape index (κ2) is 7.51. The van der Waals surface area contributed by atoms with E-state index in [0.717, 1.165) is 24.4 Å². The lowest BCUT2D eigenvalue weighted by Gasteiger charge is -2.25. The Kier molecular flexibility index (Phi) is 5.22. The average Bonchev–Trinajstić information content (AvgIpc) is 3.34. The molecule has 0 spiro atoms. The average molecular weight is 421 g/mol. The maximum absolute atomic E-state index is 12.8. The third kappa shape index (κ3) is 4.10. The van der Waals surface area contributed by atoms with E-state index in [4.69, 9.17) is 4.98 Å². The van der Waals surface area contributed by atoms with Crippen LogP contribution >= 0.6 is 11.8 Å². The number of sulfone groups is 1. The van der Waals surface area contributed by atoms with Crippen LogP contribution in [0.15, 0.2) is 35.5 Å². The molecule has 2 aliphatic rings. The Morgan fingerprint density at radius 3 is 2.57 bits per heavy atom. The van der Waals surface area contributed by atoms with Crippen molar-refractivity contribution in [1.29, 1.82) is 0 Å². The van der Waals surface area contributed by atoms with Crippen molar-refractivity contribution >= 4 is 27.5 Å². The van der Waals surface area contributed by atoms with Crippen molar-refractivity contribution < 1.29 is 13.2 Å². The molecule has 1 aromatic carbocycles. The molecule has 28 heavy (non-hydrogen) atoms. The number of para-hydroxylation sites is 1. The van der Waals surface area contributed by atoms with E-state index < -0.39 is 9.84 Å². The Bertz CT molecular complexity index is 970. The second-order valence-corrected chi connectivity index (χ2v) is 11.1. The SMILES string of the molecule is C[C@H](Sc1nc(C2CC2)n(-c2ccccc2)n1)C(=O)N(C)[C@H]1CCS(=O)(=O)C1. The number of hydrogen-bond acceptors (Lipinski definition) is 6. The normalized spacial score (nSPS) is 22.1. The molecule has 150 valence electrons. The number of rotatable bonds is 6. The van der Waals surface area contributed by atoms with Gasteiger partial charge in [0.25, 0.3) is 0 Å². The summed E-state index contributed by atoms with van der Waals surface area (Å²) in [7, 11) is -1.33. The highest BCUT2D eigenvalue weighted by atomic mass is 32.2. The molecule has 1 saturated heterocycles. The third-order valence-corrected chi connectivity index (χ3v) is 7.98. The summed E-state index contributed by atoms with van der Waals surface area (Å²) in [5.74, 6) is 1.50. The second-order valence-electron chi connectivity index (χ2n) is 7.54. The number of hydrogen-bond donors (Lipinski definition) is 0. The molecule has 4 rings (SSSR count). The Balaban J connectivity index is 1.48. The van der Waals surface area contributed by atoms with Gasteiger partial charge in [-0.15, -0.1) is 5.10 Å². The molecule has 0 radical (unpaired) electrons. The predicted molar refractivity (Wildman–Crippen MR) is 108 cm³/mol. The van der Waals surface area contributed by atoms with E-state index in [1.165, 1.54) is 11.8 Å². The minimum Gasteiger partial charge on any atom is -0.341 e. The smallest absolute Gasteiger partial charge is 0.235 e. The number of aromatic nitrogens is 3. The molecule has 2 atom stereocenters. The number of thioether (sulfide) groups is 1. The number of carbonyl (C=O) groups excluding carboxylic acids is 1. The molecule has 2 heterocycles. The van der Waals surface area contributed by atoms with E-state index in [1.54, 1.807) is 11.9 Å². The highest BCUT2D eigenvalue weighted by molar-refractivity contribution is 8.00. The monoisotopic (exact) mass is 420 g/mol. The van der Waals surface area contributed by atoms with Crippen molar-refractivity contribution in [3.05, 3.63) is 36.2 Å². The Morgan fingerprint density at radius 2 is 1.96 bits per heavy atom. The third-order valence-electron chi connectivity index (χ3n) is 5.29. The van der Waals surface area contributed by atoms with Crippen LogP contribution in [0.4, 0.5) is 0 Å². The standard InChI is InChI=1S/C19H24N4O3S2/c1-13(18(24)22(2)16-10-11-28(25,26)12-16)27-19-20-17(14-8-9-14)23(21-19)15-6-4-3-5-7-15/h3-7,13-14,16H,8-12H2,1-2H3/t13-,16-/m0/s1. The van der Waals surface area contributed by atoms with E-state index in [0.29, 0.717) is 17.5 Å². The molecule has 2 aromatic rings. The van der Waals surface area contributed by atoms with Gasteiger partial charge in [0, 0.05) is 19.0 Å². The van der Waals surface area contributed by atoms with Gasteiger partial charge in [-0.1, -0.05) is 30.0 Å². The summed E-state index contributed by atoms with van der Waals surface area (Å²) in [6.45, 7) is 1.83. The van der Waals surface area contributed by atoms with Crippen LogP contribution in [0.3, 0.4) is 0 Å². The molecule has 1 saturated carbocycles. The molecule has 0 unspecified atom stereocenters. The highest BCUT2D eigenvalue weighted by Crippen LogP contribution is 2.40. The van der Waals surface area contributed by atoms with Crippen molar-refractivity contribution in [3.63, 3.8) is 0 Å². The van der Waals surface area contributed by atoms with Gasteiger partial charge in [-0.25, -0.2) is 18.1 Å². The van der Waals surface area contributed by atoms with E-state index in [-0.39, 0.29) is 28.7 Å². The zero-order valence-electron chi connectivity index (χ0n) is 16.0. The van der Waals surface area contributed by atoms with E-state index in [2.05, 4.69) is 5.10 Å². The van der Waals surface area contributed by atoms with Crippen molar-refractivity contribution in [2.45, 2.75) is 48.6 Å². The first-order valence-corrected chi connectivity index (χ1v) is 12.2. The maximum atomic E-state index is 12.8. The van der Waals surface area contributed by atoms with Crippen molar-refractivity contribution in [1.82, 2.24) is 19.7 Å². The van der Waals surface area contributed by atoms with E-state index >= 15 is 0 Å². The van der Waals surface area contributed by atoms with Gasteiger partial charge in [-0.3, -0.25) is 4.79 Å². The van der Waals surface area contributed by atoms with Crippen LogP contribution < -0.4 is 0 Å². The van der Waals surface area contributed by atoms with Crippen molar-refractivity contribution in [2.75, 3.05) is 18.6 Å². The fourth-order valence-electron chi connectivity index (χ4n) is 3.48. The molecule has 0 bridgehead atoms. The molecule has 1 aromatic heterocycles. The molecule has 1 aliphatic carbocycles. The molecular weight excluding hydrogens is 396 g/mol. The van der Waals surface area contributed by atoms with Gasteiger partial charge in [0.15, 0.2) is 9.84 Å². The first-order chi connectivity index (χ1) is 13.3. The van der Waals surface area contributed by atoms with Crippen molar-refractivity contribution in [2.24, 2.45) is 0 Å². The van der Waals surface area contributed by atoms with Gasteiger partial charge >= 0.3 is 0 Å². The van der Waals surface area contributed by atoms with Crippen LogP contribution in [0.1, 0.15) is 37.9 Å². The summed E-state index contributed by atoms with van der Waals surface area (Å²) < 4.78 is 25.3.